The van der Waals surface area contributed by atoms with Gasteiger partial charge in [0.15, 0.2) is 0 Å². The van der Waals surface area contributed by atoms with Crippen molar-refractivity contribution >= 4 is 23.6 Å². The molecule has 0 bridgehead atoms. The van der Waals surface area contributed by atoms with E-state index in [0.717, 1.165) is 17.7 Å². The molecule has 1 aromatic rings. The van der Waals surface area contributed by atoms with E-state index in [1.807, 2.05) is 30.1 Å². The molecule has 5 nitrogen and oxygen atoms in total. The van der Waals surface area contributed by atoms with Gasteiger partial charge in [-0.25, -0.2) is 0 Å². The Morgan fingerprint density at radius 1 is 1.24 bits per heavy atom. The number of hydrogen-bond donors (Lipinski definition) is 2. The van der Waals surface area contributed by atoms with Gasteiger partial charge >= 0.3 is 0 Å². The minimum Gasteiger partial charge on any atom is -0.396 e. The van der Waals surface area contributed by atoms with Crippen molar-refractivity contribution < 1.29 is 14.7 Å². The maximum Gasteiger partial charge on any atom is 0.252 e. The zero-order valence-corrected chi connectivity index (χ0v) is 15.7. The van der Waals surface area contributed by atoms with Crippen LogP contribution in [0.25, 0.3) is 0 Å². The van der Waals surface area contributed by atoms with E-state index < -0.39 is 0 Å². The molecule has 138 valence electrons. The first-order valence-corrected chi connectivity index (χ1v) is 9.98. The minimum atomic E-state index is -0.162. The van der Waals surface area contributed by atoms with Crippen LogP contribution in [0.5, 0.6) is 0 Å². The summed E-state index contributed by atoms with van der Waals surface area (Å²) in [5.41, 5.74) is 0.582. The number of carbonyl (C=O) groups excluding carboxylic acids is 2. The molecule has 1 fully saturated rings. The Bertz CT molecular complexity index is 574. The molecule has 0 aromatic heterocycles. The largest absolute Gasteiger partial charge is 0.396 e. The molecule has 1 aliphatic carbocycles. The molecule has 0 saturated heterocycles. The van der Waals surface area contributed by atoms with Gasteiger partial charge in [-0.15, -0.1) is 11.8 Å². The number of nitrogens with one attached hydrogen (secondary N) is 1. The molecule has 0 radical (unpaired) electrons. The molecule has 0 spiro atoms. The SMILES string of the molecule is CN(C(=O)CSc1ccccc1C(=O)NCCCO)C1CCCCC1. The van der Waals surface area contributed by atoms with E-state index >= 15 is 0 Å². The summed E-state index contributed by atoms with van der Waals surface area (Å²) < 4.78 is 0. The van der Waals surface area contributed by atoms with E-state index in [1.54, 1.807) is 6.07 Å². The Morgan fingerprint density at radius 2 is 1.96 bits per heavy atom. The summed E-state index contributed by atoms with van der Waals surface area (Å²) in [6, 6.07) is 7.70. The first-order valence-electron chi connectivity index (χ1n) is 9.00. The first-order chi connectivity index (χ1) is 12.1. The van der Waals surface area contributed by atoms with Crippen molar-refractivity contribution in [1.29, 1.82) is 0 Å². The first kappa shape index (κ1) is 19.8. The number of aliphatic hydroxyl groups excluding tert-OH is 1. The third kappa shape index (κ3) is 6.04. The molecule has 25 heavy (non-hydrogen) atoms. The monoisotopic (exact) mass is 364 g/mol. The Labute approximate surface area is 154 Å². The van der Waals surface area contributed by atoms with Crippen LogP contribution in [-0.4, -0.2) is 53.8 Å². The summed E-state index contributed by atoms with van der Waals surface area (Å²) in [4.78, 5) is 27.4. The van der Waals surface area contributed by atoms with Crippen LogP contribution in [0.2, 0.25) is 0 Å². The van der Waals surface area contributed by atoms with Crippen molar-refractivity contribution in [3.05, 3.63) is 29.8 Å². The molecule has 2 N–H and O–H groups in total. The Hall–Kier alpha value is -1.53. The van der Waals surface area contributed by atoms with E-state index in [0.29, 0.717) is 30.3 Å². The van der Waals surface area contributed by atoms with Gasteiger partial charge in [0.05, 0.1) is 11.3 Å². The Balaban J connectivity index is 1.91. The van der Waals surface area contributed by atoms with Gasteiger partial charge in [-0.1, -0.05) is 31.4 Å². The number of amides is 2. The van der Waals surface area contributed by atoms with Crippen LogP contribution < -0.4 is 5.32 Å². The highest BCUT2D eigenvalue weighted by atomic mass is 32.2. The lowest BCUT2D eigenvalue weighted by Crippen LogP contribution is -2.39. The maximum absolute atomic E-state index is 12.5. The van der Waals surface area contributed by atoms with Crippen molar-refractivity contribution in [2.75, 3.05) is 26.0 Å². The predicted octanol–water partition coefficient (Wildman–Crippen LogP) is 2.68. The molecular weight excluding hydrogens is 336 g/mol. The Kier molecular flexibility index (Phi) is 8.28. The number of carbonyl (C=O) groups is 2. The van der Waals surface area contributed by atoms with Crippen LogP contribution in [-0.2, 0) is 4.79 Å². The molecule has 2 amide bonds. The third-order valence-corrected chi connectivity index (χ3v) is 5.68. The van der Waals surface area contributed by atoms with Gasteiger partial charge in [0, 0.05) is 31.1 Å². The number of hydrogen-bond acceptors (Lipinski definition) is 4. The third-order valence-electron chi connectivity index (χ3n) is 4.62. The van der Waals surface area contributed by atoms with Crippen molar-refractivity contribution in [2.24, 2.45) is 0 Å². The highest BCUT2D eigenvalue weighted by Crippen LogP contribution is 2.25. The summed E-state index contributed by atoms with van der Waals surface area (Å²) in [7, 11) is 1.90. The van der Waals surface area contributed by atoms with Gasteiger partial charge in [0.25, 0.3) is 5.91 Å². The molecular formula is C19H28N2O3S. The molecule has 0 atom stereocenters. The average molecular weight is 365 g/mol. The van der Waals surface area contributed by atoms with Gasteiger partial charge in [0.2, 0.25) is 5.91 Å². The van der Waals surface area contributed by atoms with Gasteiger partial charge in [0.1, 0.15) is 0 Å². The van der Waals surface area contributed by atoms with Crippen LogP contribution in [0.3, 0.4) is 0 Å². The molecule has 6 heteroatoms. The lowest BCUT2D eigenvalue weighted by Gasteiger charge is -2.31. The van der Waals surface area contributed by atoms with Gasteiger partial charge in [-0.2, -0.15) is 0 Å². The molecule has 1 saturated carbocycles. The fourth-order valence-electron chi connectivity index (χ4n) is 3.07. The molecule has 0 unspecified atom stereocenters. The number of aliphatic hydroxyl groups is 1. The van der Waals surface area contributed by atoms with Crippen molar-refractivity contribution in [3.63, 3.8) is 0 Å². The molecule has 1 aliphatic rings. The number of rotatable bonds is 8. The summed E-state index contributed by atoms with van der Waals surface area (Å²) in [6.45, 7) is 0.496. The van der Waals surface area contributed by atoms with Crippen LogP contribution >= 0.6 is 11.8 Å². The zero-order valence-electron chi connectivity index (χ0n) is 14.9. The van der Waals surface area contributed by atoms with Crippen molar-refractivity contribution in [3.8, 4) is 0 Å². The van der Waals surface area contributed by atoms with Crippen LogP contribution in [0, 0.1) is 0 Å². The quantitative estimate of drug-likeness (QED) is 0.550. The lowest BCUT2D eigenvalue weighted by atomic mass is 9.94. The van der Waals surface area contributed by atoms with Crippen molar-refractivity contribution in [1.82, 2.24) is 10.2 Å². The van der Waals surface area contributed by atoms with Crippen LogP contribution in [0.15, 0.2) is 29.2 Å². The molecule has 1 aromatic carbocycles. The molecule has 0 aliphatic heterocycles. The van der Waals surface area contributed by atoms with E-state index in [4.69, 9.17) is 5.11 Å². The molecule has 0 heterocycles. The second-order valence-corrected chi connectivity index (χ2v) is 7.43. The summed E-state index contributed by atoms with van der Waals surface area (Å²) >= 11 is 1.41. The van der Waals surface area contributed by atoms with Crippen LogP contribution in [0.4, 0.5) is 0 Å². The van der Waals surface area contributed by atoms with E-state index in [-0.39, 0.29) is 18.4 Å². The normalized spacial score (nSPS) is 15.0. The highest BCUT2D eigenvalue weighted by Gasteiger charge is 2.22. The van der Waals surface area contributed by atoms with Gasteiger partial charge in [-0.05, 0) is 31.4 Å². The second kappa shape index (κ2) is 10.5. The highest BCUT2D eigenvalue weighted by molar-refractivity contribution is 8.00. The number of nitrogens with zero attached hydrogens (tertiary/aromatic N) is 1. The smallest absolute Gasteiger partial charge is 0.252 e. The van der Waals surface area contributed by atoms with Gasteiger partial charge < -0.3 is 15.3 Å². The fraction of sp³-hybridized carbons (Fsp3) is 0.579. The predicted molar refractivity (Wildman–Crippen MR) is 101 cm³/mol. The van der Waals surface area contributed by atoms with Crippen LogP contribution in [0.1, 0.15) is 48.9 Å². The van der Waals surface area contributed by atoms with Gasteiger partial charge in [-0.3, -0.25) is 9.59 Å². The second-order valence-electron chi connectivity index (χ2n) is 6.41. The standard InChI is InChI=1S/C19H28N2O3S/c1-21(15-8-3-2-4-9-15)18(23)14-25-17-11-6-5-10-16(17)19(24)20-12-7-13-22/h5-6,10-11,15,22H,2-4,7-9,12-14H2,1H3,(H,20,24). The Morgan fingerprint density at radius 3 is 2.68 bits per heavy atom. The van der Waals surface area contributed by atoms with E-state index in [1.165, 1.54) is 31.0 Å². The average Bonchev–Trinajstić information content (AvgIpc) is 2.66. The summed E-state index contributed by atoms with van der Waals surface area (Å²) in [5, 5.41) is 11.6. The lowest BCUT2D eigenvalue weighted by molar-refractivity contribution is -0.129. The number of thioether (sulfide) groups is 1. The molecule has 2 rings (SSSR count). The number of benzene rings is 1. The van der Waals surface area contributed by atoms with E-state index in [9.17, 15) is 9.59 Å². The summed E-state index contributed by atoms with van der Waals surface area (Å²) in [5.74, 6) is 0.297. The maximum atomic E-state index is 12.5. The zero-order chi connectivity index (χ0) is 18.1. The minimum absolute atomic E-state index is 0.0542. The topological polar surface area (TPSA) is 69.6 Å². The van der Waals surface area contributed by atoms with E-state index in [2.05, 4.69) is 5.32 Å². The fourth-order valence-corrected chi connectivity index (χ4v) is 4.04. The summed E-state index contributed by atoms with van der Waals surface area (Å²) in [6.07, 6.45) is 6.39. The van der Waals surface area contributed by atoms with Crippen molar-refractivity contribution in [2.45, 2.75) is 49.5 Å².